The lowest BCUT2D eigenvalue weighted by Gasteiger charge is -2.33. The molecule has 136 valence electrons. The number of aromatic nitrogens is 4. The first-order chi connectivity index (χ1) is 12.2. The lowest BCUT2D eigenvalue weighted by atomic mass is 9.96. The van der Waals surface area contributed by atoms with Crippen molar-refractivity contribution in [2.24, 2.45) is 0 Å². The molecule has 7 heteroatoms. The van der Waals surface area contributed by atoms with Gasteiger partial charge in [-0.3, -0.25) is 0 Å². The normalized spacial score (nSPS) is 15.8. The number of piperidine rings is 1. The molecule has 0 amide bonds. The van der Waals surface area contributed by atoms with Crippen LogP contribution in [0.1, 0.15) is 31.0 Å². The highest BCUT2D eigenvalue weighted by Gasteiger charge is 2.26. The quantitative estimate of drug-likeness (QED) is 0.766. The van der Waals surface area contributed by atoms with Crippen LogP contribution in [0.15, 0.2) is 24.8 Å². The Kier molecular flexibility index (Phi) is 5.86. The van der Waals surface area contributed by atoms with E-state index in [1.165, 1.54) is 5.82 Å². The van der Waals surface area contributed by atoms with E-state index >= 15 is 0 Å². The first-order valence-electron chi connectivity index (χ1n) is 8.94. The van der Waals surface area contributed by atoms with Crippen molar-refractivity contribution < 1.29 is 4.74 Å². The molecule has 0 bridgehead atoms. The van der Waals surface area contributed by atoms with Crippen molar-refractivity contribution in [2.45, 2.75) is 31.7 Å². The van der Waals surface area contributed by atoms with Crippen LogP contribution in [-0.4, -0.2) is 65.3 Å². The Morgan fingerprint density at radius 3 is 2.60 bits per heavy atom. The van der Waals surface area contributed by atoms with Crippen molar-refractivity contribution in [3.05, 3.63) is 30.6 Å². The third kappa shape index (κ3) is 4.28. The third-order valence-corrected chi connectivity index (χ3v) is 4.75. The van der Waals surface area contributed by atoms with Crippen LogP contribution in [0.2, 0.25) is 0 Å². The highest BCUT2D eigenvalue weighted by Crippen LogP contribution is 2.31. The van der Waals surface area contributed by atoms with Crippen molar-refractivity contribution in [3.8, 4) is 5.88 Å². The molecule has 25 heavy (non-hydrogen) atoms. The van der Waals surface area contributed by atoms with E-state index in [0.717, 1.165) is 51.3 Å². The number of nitrogens with zero attached hydrogens (tertiary/aromatic N) is 6. The number of anilines is 1. The molecule has 0 aromatic carbocycles. The molecule has 2 aromatic heterocycles. The summed E-state index contributed by atoms with van der Waals surface area (Å²) >= 11 is 0. The second kappa shape index (κ2) is 8.29. The largest absolute Gasteiger partial charge is 0.478 e. The van der Waals surface area contributed by atoms with E-state index in [-0.39, 0.29) is 0 Å². The molecule has 0 N–H and O–H groups in total. The number of hydrogen-bond acceptors (Lipinski definition) is 6. The van der Waals surface area contributed by atoms with Gasteiger partial charge in [-0.1, -0.05) is 0 Å². The number of aryl methyl sites for hydroxylation is 1. The van der Waals surface area contributed by atoms with Crippen LogP contribution in [0.4, 0.5) is 5.82 Å². The molecule has 0 radical (unpaired) electrons. The predicted octanol–water partition coefficient (Wildman–Crippen LogP) is 2.02. The fraction of sp³-hybridized carbons (Fsp3) is 0.611. The lowest BCUT2D eigenvalue weighted by Crippen LogP contribution is -2.34. The fourth-order valence-electron chi connectivity index (χ4n) is 3.46. The average Bonchev–Trinajstić information content (AvgIpc) is 3.10. The summed E-state index contributed by atoms with van der Waals surface area (Å²) in [5.74, 6) is 3.18. The van der Waals surface area contributed by atoms with Gasteiger partial charge in [-0.05, 0) is 39.9 Å². The first kappa shape index (κ1) is 17.7. The minimum atomic E-state index is 0.508. The fourth-order valence-corrected chi connectivity index (χ4v) is 3.46. The highest BCUT2D eigenvalue weighted by atomic mass is 16.5. The standard InChI is InChI=1S/C18H28N6O/c1-22(2)10-4-11-23-14-9-20-16(23)15-5-12-24(13-6-15)17-18(25-3)21-8-7-19-17/h7-9,14-15H,4-6,10-13H2,1-3H3. The van der Waals surface area contributed by atoms with Gasteiger partial charge in [0, 0.05) is 50.3 Å². The van der Waals surface area contributed by atoms with E-state index in [2.05, 4.69) is 49.6 Å². The van der Waals surface area contributed by atoms with Crippen molar-refractivity contribution in [3.63, 3.8) is 0 Å². The Balaban J connectivity index is 1.60. The summed E-state index contributed by atoms with van der Waals surface area (Å²) in [6, 6.07) is 0. The van der Waals surface area contributed by atoms with Gasteiger partial charge in [-0.25, -0.2) is 15.0 Å². The number of hydrogen-bond donors (Lipinski definition) is 0. The van der Waals surface area contributed by atoms with Gasteiger partial charge in [0.15, 0.2) is 5.82 Å². The Morgan fingerprint density at radius 1 is 1.12 bits per heavy atom. The molecule has 1 fully saturated rings. The molecule has 0 atom stereocenters. The Morgan fingerprint density at radius 2 is 1.88 bits per heavy atom. The molecule has 3 heterocycles. The number of rotatable bonds is 7. The van der Waals surface area contributed by atoms with Crippen molar-refractivity contribution in [1.29, 1.82) is 0 Å². The van der Waals surface area contributed by atoms with Gasteiger partial charge in [0.1, 0.15) is 5.82 Å². The van der Waals surface area contributed by atoms with Crippen LogP contribution in [0.25, 0.3) is 0 Å². The van der Waals surface area contributed by atoms with Crippen LogP contribution in [-0.2, 0) is 6.54 Å². The molecule has 0 unspecified atom stereocenters. The van der Waals surface area contributed by atoms with Crippen LogP contribution in [0, 0.1) is 0 Å². The third-order valence-electron chi connectivity index (χ3n) is 4.75. The summed E-state index contributed by atoms with van der Waals surface area (Å²) in [5, 5.41) is 0. The molecule has 0 saturated carbocycles. The molecule has 0 spiro atoms. The van der Waals surface area contributed by atoms with E-state index < -0.39 is 0 Å². The Labute approximate surface area is 149 Å². The summed E-state index contributed by atoms with van der Waals surface area (Å²) in [7, 11) is 5.88. The van der Waals surface area contributed by atoms with Gasteiger partial charge in [-0.15, -0.1) is 0 Å². The zero-order valence-corrected chi connectivity index (χ0v) is 15.4. The molecule has 2 aromatic rings. The molecule has 7 nitrogen and oxygen atoms in total. The van der Waals surface area contributed by atoms with E-state index in [1.54, 1.807) is 19.5 Å². The van der Waals surface area contributed by atoms with Crippen molar-refractivity contribution >= 4 is 5.82 Å². The maximum atomic E-state index is 5.34. The van der Waals surface area contributed by atoms with Crippen LogP contribution < -0.4 is 9.64 Å². The number of ether oxygens (including phenoxy) is 1. The summed E-state index contributed by atoms with van der Waals surface area (Å²) in [6.45, 7) is 4.03. The molecular formula is C18H28N6O. The van der Waals surface area contributed by atoms with Gasteiger partial charge in [0.05, 0.1) is 7.11 Å². The zero-order valence-electron chi connectivity index (χ0n) is 15.4. The van der Waals surface area contributed by atoms with Crippen LogP contribution in [0.3, 0.4) is 0 Å². The molecule has 1 aliphatic heterocycles. The number of methoxy groups -OCH3 is 1. The SMILES string of the molecule is COc1nccnc1N1CCC(c2nccn2CCCN(C)C)CC1. The van der Waals surface area contributed by atoms with Crippen molar-refractivity contribution in [1.82, 2.24) is 24.4 Å². The topological polar surface area (TPSA) is 59.3 Å². The van der Waals surface area contributed by atoms with E-state index in [4.69, 9.17) is 4.74 Å². The minimum absolute atomic E-state index is 0.508. The molecule has 0 aliphatic carbocycles. The first-order valence-corrected chi connectivity index (χ1v) is 8.94. The van der Waals surface area contributed by atoms with Gasteiger partial charge >= 0.3 is 0 Å². The van der Waals surface area contributed by atoms with Crippen LogP contribution >= 0.6 is 0 Å². The monoisotopic (exact) mass is 344 g/mol. The molecule has 1 saturated heterocycles. The van der Waals surface area contributed by atoms with E-state index in [0.29, 0.717) is 11.8 Å². The molecule has 1 aliphatic rings. The summed E-state index contributed by atoms with van der Waals surface area (Å²) < 4.78 is 7.67. The number of imidazole rings is 1. The molecule has 3 rings (SSSR count). The van der Waals surface area contributed by atoms with Gasteiger partial charge in [0.25, 0.3) is 5.88 Å². The van der Waals surface area contributed by atoms with E-state index in [9.17, 15) is 0 Å². The summed E-state index contributed by atoms with van der Waals surface area (Å²) in [4.78, 5) is 17.8. The van der Waals surface area contributed by atoms with Crippen molar-refractivity contribution in [2.75, 3.05) is 45.7 Å². The summed E-state index contributed by atoms with van der Waals surface area (Å²) in [6.07, 6.45) is 10.7. The summed E-state index contributed by atoms with van der Waals surface area (Å²) in [5.41, 5.74) is 0. The zero-order chi connectivity index (χ0) is 17.6. The second-order valence-corrected chi connectivity index (χ2v) is 6.79. The van der Waals surface area contributed by atoms with Gasteiger partial charge in [-0.2, -0.15) is 0 Å². The van der Waals surface area contributed by atoms with Gasteiger partial charge in [0.2, 0.25) is 0 Å². The highest BCUT2D eigenvalue weighted by molar-refractivity contribution is 5.48. The second-order valence-electron chi connectivity index (χ2n) is 6.79. The Hall–Kier alpha value is -2.15. The average molecular weight is 344 g/mol. The van der Waals surface area contributed by atoms with E-state index in [1.807, 2.05) is 6.20 Å². The maximum Gasteiger partial charge on any atom is 0.257 e. The minimum Gasteiger partial charge on any atom is -0.478 e. The maximum absolute atomic E-state index is 5.34. The van der Waals surface area contributed by atoms with Crippen LogP contribution in [0.5, 0.6) is 5.88 Å². The van der Waals surface area contributed by atoms with Gasteiger partial charge < -0.3 is 19.1 Å². The predicted molar refractivity (Wildman–Crippen MR) is 98.2 cm³/mol. The lowest BCUT2D eigenvalue weighted by molar-refractivity contribution is 0.378. The molecular weight excluding hydrogens is 316 g/mol. The Bertz CT molecular complexity index is 663. The smallest absolute Gasteiger partial charge is 0.257 e.